The zero-order valence-corrected chi connectivity index (χ0v) is 17.0. The maximum absolute atomic E-state index is 13.8. The Morgan fingerprint density at radius 2 is 1.96 bits per heavy atom. The lowest BCUT2D eigenvalue weighted by Gasteiger charge is -2.23. The number of benzene rings is 2. The van der Waals surface area contributed by atoms with E-state index in [1.54, 1.807) is 30.3 Å². The molecule has 1 atom stereocenters. The van der Waals surface area contributed by atoms with Gasteiger partial charge in [-0.1, -0.05) is 34.1 Å². The van der Waals surface area contributed by atoms with Crippen LogP contribution in [0.1, 0.15) is 18.4 Å². The number of nitrogens with zero attached hydrogens (tertiary/aromatic N) is 1. The smallest absolute Gasteiger partial charge is 0.243 e. The minimum Gasteiger partial charge on any atom is -0.354 e. The van der Waals surface area contributed by atoms with Gasteiger partial charge < -0.3 is 5.32 Å². The van der Waals surface area contributed by atoms with E-state index in [1.165, 1.54) is 22.5 Å². The van der Waals surface area contributed by atoms with Crippen LogP contribution in [-0.4, -0.2) is 37.8 Å². The van der Waals surface area contributed by atoms with Crippen molar-refractivity contribution in [2.24, 2.45) is 0 Å². The summed E-state index contributed by atoms with van der Waals surface area (Å²) in [5.74, 6) is -0.677. The molecule has 0 aromatic heterocycles. The predicted molar refractivity (Wildman–Crippen MR) is 104 cm³/mol. The van der Waals surface area contributed by atoms with Crippen LogP contribution in [0.3, 0.4) is 0 Å². The van der Waals surface area contributed by atoms with E-state index in [1.807, 2.05) is 0 Å². The summed E-state index contributed by atoms with van der Waals surface area (Å²) in [6, 6.07) is 12.0. The van der Waals surface area contributed by atoms with Gasteiger partial charge in [0.2, 0.25) is 15.9 Å². The molecule has 1 heterocycles. The highest BCUT2D eigenvalue weighted by atomic mass is 79.9. The first-order chi connectivity index (χ1) is 12.9. The average molecular weight is 455 g/mol. The number of carbonyl (C=O) groups excluding carboxylic acids is 1. The van der Waals surface area contributed by atoms with Crippen LogP contribution in [0.2, 0.25) is 0 Å². The largest absolute Gasteiger partial charge is 0.354 e. The number of amides is 1. The van der Waals surface area contributed by atoms with Gasteiger partial charge in [-0.2, -0.15) is 4.31 Å². The van der Waals surface area contributed by atoms with E-state index in [4.69, 9.17) is 0 Å². The molecule has 1 aliphatic heterocycles. The lowest BCUT2D eigenvalue weighted by Crippen LogP contribution is -2.46. The summed E-state index contributed by atoms with van der Waals surface area (Å²) in [6.45, 7) is 0.553. The van der Waals surface area contributed by atoms with Gasteiger partial charge in [0.1, 0.15) is 11.9 Å². The Morgan fingerprint density at radius 1 is 1.22 bits per heavy atom. The molecule has 0 radical (unpaired) electrons. The molecule has 27 heavy (non-hydrogen) atoms. The number of rotatable bonds is 6. The van der Waals surface area contributed by atoms with E-state index in [0.29, 0.717) is 31.4 Å². The fraction of sp³-hybridized carbons (Fsp3) is 0.316. The number of hydrogen-bond donors (Lipinski definition) is 1. The molecular formula is C19H20BrFN2O3S. The first-order valence-electron chi connectivity index (χ1n) is 8.68. The molecule has 0 aliphatic carbocycles. The van der Waals surface area contributed by atoms with E-state index < -0.39 is 16.1 Å². The summed E-state index contributed by atoms with van der Waals surface area (Å²) in [5, 5.41) is 2.75. The third kappa shape index (κ3) is 4.56. The number of nitrogens with one attached hydrogen (secondary N) is 1. The molecule has 2 aromatic rings. The van der Waals surface area contributed by atoms with E-state index in [0.717, 1.165) is 4.47 Å². The molecule has 1 unspecified atom stereocenters. The topological polar surface area (TPSA) is 66.5 Å². The van der Waals surface area contributed by atoms with Crippen LogP contribution >= 0.6 is 15.9 Å². The summed E-state index contributed by atoms with van der Waals surface area (Å²) in [5.41, 5.74) is 0.491. The van der Waals surface area contributed by atoms with Gasteiger partial charge in [-0.25, -0.2) is 12.8 Å². The number of sulfonamides is 1. The SMILES string of the molecule is O=C(NCCc1cc(Br)ccc1F)C1CCCN1S(=O)(=O)c1ccccc1. The molecule has 3 rings (SSSR count). The van der Waals surface area contributed by atoms with Crippen LogP contribution in [-0.2, 0) is 21.2 Å². The standard InChI is InChI=1S/C19H20BrFN2O3S/c20-15-8-9-17(21)14(13-15)10-11-22-19(24)18-7-4-12-23(18)27(25,26)16-5-2-1-3-6-16/h1-3,5-6,8-9,13,18H,4,7,10-12H2,(H,22,24). The van der Waals surface area contributed by atoms with Crippen molar-refractivity contribution in [3.05, 3.63) is 64.4 Å². The van der Waals surface area contributed by atoms with E-state index >= 15 is 0 Å². The molecule has 1 aliphatic rings. The maximum Gasteiger partial charge on any atom is 0.243 e. The van der Waals surface area contributed by atoms with E-state index in [-0.39, 0.29) is 23.2 Å². The summed E-state index contributed by atoms with van der Waals surface area (Å²) in [6.07, 6.45) is 1.43. The summed E-state index contributed by atoms with van der Waals surface area (Å²) in [7, 11) is -3.72. The van der Waals surface area contributed by atoms with E-state index in [2.05, 4.69) is 21.2 Å². The predicted octanol–water partition coefficient (Wildman–Crippen LogP) is 3.10. The van der Waals surface area contributed by atoms with Crippen molar-refractivity contribution in [2.75, 3.05) is 13.1 Å². The highest BCUT2D eigenvalue weighted by molar-refractivity contribution is 9.10. The van der Waals surface area contributed by atoms with Crippen molar-refractivity contribution < 1.29 is 17.6 Å². The van der Waals surface area contributed by atoms with Crippen LogP contribution in [0.25, 0.3) is 0 Å². The second kappa shape index (κ2) is 8.50. The zero-order valence-electron chi connectivity index (χ0n) is 14.6. The molecule has 5 nitrogen and oxygen atoms in total. The quantitative estimate of drug-likeness (QED) is 0.728. The van der Waals surface area contributed by atoms with Gasteiger partial charge in [0.05, 0.1) is 4.90 Å². The molecule has 1 fully saturated rings. The summed E-state index contributed by atoms with van der Waals surface area (Å²) >= 11 is 3.30. The minimum atomic E-state index is -3.72. The molecule has 1 N–H and O–H groups in total. The fourth-order valence-electron chi connectivity index (χ4n) is 3.19. The third-order valence-corrected chi connectivity index (χ3v) is 6.97. The van der Waals surface area contributed by atoms with Crippen LogP contribution in [0, 0.1) is 5.82 Å². The van der Waals surface area contributed by atoms with Gasteiger partial charge >= 0.3 is 0 Å². The Labute approximate surface area is 166 Å². The third-order valence-electron chi connectivity index (χ3n) is 4.56. The molecule has 8 heteroatoms. The van der Waals surface area contributed by atoms with Crippen molar-refractivity contribution in [1.82, 2.24) is 9.62 Å². The lowest BCUT2D eigenvalue weighted by atomic mass is 10.1. The lowest BCUT2D eigenvalue weighted by molar-refractivity contribution is -0.124. The summed E-state index contributed by atoms with van der Waals surface area (Å²) in [4.78, 5) is 12.7. The van der Waals surface area contributed by atoms with Crippen molar-refractivity contribution in [3.8, 4) is 0 Å². The van der Waals surface area contributed by atoms with Gasteiger partial charge in [-0.05, 0) is 55.2 Å². The normalized spacial score (nSPS) is 17.8. The Hall–Kier alpha value is -1.77. The first-order valence-corrected chi connectivity index (χ1v) is 10.9. The molecule has 1 saturated heterocycles. The second-order valence-electron chi connectivity index (χ2n) is 6.36. The molecule has 0 bridgehead atoms. The van der Waals surface area contributed by atoms with Gasteiger partial charge in [-0.3, -0.25) is 4.79 Å². The Bertz CT molecular complexity index is 922. The highest BCUT2D eigenvalue weighted by Gasteiger charge is 2.39. The van der Waals surface area contributed by atoms with Gasteiger partial charge in [0.25, 0.3) is 0 Å². The van der Waals surface area contributed by atoms with Crippen LogP contribution in [0.4, 0.5) is 4.39 Å². The maximum atomic E-state index is 13.8. The molecule has 1 amide bonds. The number of carbonyl (C=O) groups is 1. The van der Waals surface area contributed by atoms with Gasteiger partial charge in [-0.15, -0.1) is 0 Å². The zero-order chi connectivity index (χ0) is 19.4. The second-order valence-corrected chi connectivity index (χ2v) is 9.17. The van der Waals surface area contributed by atoms with Crippen molar-refractivity contribution >= 4 is 31.9 Å². The summed E-state index contributed by atoms with van der Waals surface area (Å²) < 4.78 is 41.4. The minimum absolute atomic E-state index is 0.181. The fourth-order valence-corrected chi connectivity index (χ4v) is 5.28. The Morgan fingerprint density at radius 3 is 2.70 bits per heavy atom. The Balaban J connectivity index is 1.65. The molecule has 144 valence electrons. The highest BCUT2D eigenvalue weighted by Crippen LogP contribution is 2.26. The average Bonchev–Trinajstić information content (AvgIpc) is 3.16. The molecule has 2 aromatic carbocycles. The van der Waals surface area contributed by atoms with Gasteiger partial charge in [0, 0.05) is 17.6 Å². The molecular weight excluding hydrogens is 435 g/mol. The molecule has 0 spiro atoms. The monoisotopic (exact) mass is 454 g/mol. The van der Waals surface area contributed by atoms with Gasteiger partial charge in [0.15, 0.2) is 0 Å². The van der Waals surface area contributed by atoms with Crippen molar-refractivity contribution in [1.29, 1.82) is 0 Å². The molecule has 0 saturated carbocycles. The van der Waals surface area contributed by atoms with Crippen LogP contribution in [0.5, 0.6) is 0 Å². The first kappa shape index (κ1) is 20.0. The van der Waals surface area contributed by atoms with Crippen LogP contribution in [0.15, 0.2) is 57.9 Å². The number of halogens is 2. The van der Waals surface area contributed by atoms with Crippen LogP contribution < -0.4 is 5.32 Å². The van der Waals surface area contributed by atoms with E-state index in [9.17, 15) is 17.6 Å². The van der Waals surface area contributed by atoms with Crippen molar-refractivity contribution in [3.63, 3.8) is 0 Å². The number of hydrogen-bond acceptors (Lipinski definition) is 3. The van der Waals surface area contributed by atoms with Crippen molar-refractivity contribution in [2.45, 2.75) is 30.2 Å². The Kier molecular flexibility index (Phi) is 6.29.